The van der Waals surface area contributed by atoms with Crippen LogP contribution in [0.1, 0.15) is 48.8 Å². The van der Waals surface area contributed by atoms with Gasteiger partial charge in [-0.25, -0.2) is 4.79 Å². The van der Waals surface area contributed by atoms with Crippen molar-refractivity contribution in [1.82, 2.24) is 4.98 Å². The Morgan fingerprint density at radius 3 is 2.44 bits per heavy atom. The van der Waals surface area contributed by atoms with E-state index in [1.165, 1.54) is 25.1 Å². The topological polar surface area (TPSA) is 100 Å². The number of aryl methyl sites for hydroxylation is 1. The van der Waals surface area contributed by atoms with Crippen molar-refractivity contribution in [3.8, 4) is 0 Å². The number of aromatic amines is 1. The number of H-pyrrole nitrogens is 1. The van der Waals surface area contributed by atoms with E-state index in [0.29, 0.717) is 22.9 Å². The van der Waals surface area contributed by atoms with Crippen LogP contribution in [-0.2, 0) is 27.2 Å². The van der Waals surface area contributed by atoms with Gasteiger partial charge in [0, 0.05) is 34.9 Å². The quantitative estimate of drug-likeness (QED) is 0.518. The summed E-state index contributed by atoms with van der Waals surface area (Å²) < 4.78 is 5.42. The number of hydrogen-bond donors (Lipinski definition) is 3. The number of carbonyl (C=O) groups excluding carboxylic acids is 3. The molecule has 2 unspecified atom stereocenters. The van der Waals surface area contributed by atoms with Crippen LogP contribution in [-0.4, -0.2) is 28.9 Å². The summed E-state index contributed by atoms with van der Waals surface area (Å²) in [5.41, 5.74) is 5.15. The molecule has 2 aromatic carbocycles. The van der Waals surface area contributed by atoms with Crippen molar-refractivity contribution in [2.45, 2.75) is 46.1 Å². The number of hydrogen-bond acceptors (Lipinski definition) is 4. The molecule has 0 spiro atoms. The standard InChI is InChI=1S/C25H27N3O4/c1-14-4-10-22-20(12-14)21-13-17(5-11-23(21)28-22)25(31)32-15(2)24(30)27-19-8-6-18(7-9-19)26-16(3)29/h5-9,11,13-15,28H,4,10,12H2,1-3H3,(H,26,29)(H,27,30). The van der Waals surface area contributed by atoms with Gasteiger partial charge in [0.25, 0.3) is 5.91 Å². The lowest BCUT2D eigenvalue weighted by atomic mass is 9.87. The van der Waals surface area contributed by atoms with Gasteiger partial charge in [0.1, 0.15) is 0 Å². The molecule has 7 heteroatoms. The lowest BCUT2D eigenvalue weighted by molar-refractivity contribution is -0.123. The van der Waals surface area contributed by atoms with Gasteiger partial charge in [0.05, 0.1) is 5.56 Å². The molecule has 1 aromatic heterocycles. The van der Waals surface area contributed by atoms with Crippen LogP contribution in [0.3, 0.4) is 0 Å². The Bertz CT molecular complexity index is 1180. The number of anilines is 2. The van der Waals surface area contributed by atoms with Crippen molar-refractivity contribution < 1.29 is 19.1 Å². The number of benzene rings is 2. The van der Waals surface area contributed by atoms with E-state index in [2.05, 4.69) is 22.5 Å². The molecule has 3 N–H and O–H groups in total. The minimum absolute atomic E-state index is 0.171. The molecule has 7 nitrogen and oxygen atoms in total. The number of aromatic nitrogens is 1. The van der Waals surface area contributed by atoms with Crippen LogP contribution in [0.2, 0.25) is 0 Å². The van der Waals surface area contributed by atoms with Crippen molar-refractivity contribution >= 4 is 40.1 Å². The molecular formula is C25H27N3O4. The second-order valence-corrected chi connectivity index (χ2v) is 8.49. The number of ether oxygens (including phenoxy) is 1. The van der Waals surface area contributed by atoms with E-state index >= 15 is 0 Å². The van der Waals surface area contributed by atoms with Gasteiger partial charge in [-0.1, -0.05) is 6.92 Å². The summed E-state index contributed by atoms with van der Waals surface area (Å²) >= 11 is 0. The predicted molar refractivity (Wildman–Crippen MR) is 124 cm³/mol. The Hall–Kier alpha value is -3.61. The number of nitrogens with one attached hydrogen (secondary N) is 3. The number of amides is 2. The first kappa shape index (κ1) is 21.6. The molecule has 0 fully saturated rings. The van der Waals surface area contributed by atoms with Gasteiger partial charge in [-0.3, -0.25) is 9.59 Å². The molecule has 0 saturated heterocycles. The van der Waals surface area contributed by atoms with Gasteiger partial charge >= 0.3 is 5.97 Å². The van der Waals surface area contributed by atoms with Crippen molar-refractivity contribution in [1.29, 1.82) is 0 Å². The maximum absolute atomic E-state index is 12.7. The van der Waals surface area contributed by atoms with Crippen LogP contribution in [0.25, 0.3) is 10.9 Å². The second kappa shape index (κ2) is 8.86. The minimum Gasteiger partial charge on any atom is -0.449 e. The molecule has 4 rings (SSSR count). The van der Waals surface area contributed by atoms with Crippen LogP contribution in [0, 0.1) is 5.92 Å². The number of fused-ring (bicyclic) bond motifs is 3. The normalized spacial score (nSPS) is 16.2. The van der Waals surface area contributed by atoms with Crippen LogP contribution in [0.4, 0.5) is 11.4 Å². The summed E-state index contributed by atoms with van der Waals surface area (Å²) in [4.78, 5) is 39.7. The molecule has 1 aliphatic rings. The fourth-order valence-corrected chi connectivity index (χ4v) is 4.08. The molecular weight excluding hydrogens is 406 g/mol. The molecule has 0 saturated carbocycles. The van der Waals surface area contributed by atoms with E-state index in [0.717, 1.165) is 30.2 Å². The summed E-state index contributed by atoms with van der Waals surface area (Å²) in [6.07, 6.45) is 2.21. The van der Waals surface area contributed by atoms with E-state index < -0.39 is 18.0 Å². The van der Waals surface area contributed by atoms with Crippen LogP contribution >= 0.6 is 0 Å². The maximum Gasteiger partial charge on any atom is 0.338 e. The molecule has 0 radical (unpaired) electrons. The molecule has 1 aliphatic carbocycles. The highest BCUT2D eigenvalue weighted by Crippen LogP contribution is 2.32. The Kier molecular flexibility index (Phi) is 5.99. The van der Waals surface area contributed by atoms with Crippen molar-refractivity contribution in [2.24, 2.45) is 5.92 Å². The van der Waals surface area contributed by atoms with E-state index in [-0.39, 0.29) is 5.91 Å². The Morgan fingerprint density at radius 1 is 1.06 bits per heavy atom. The number of esters is 1. The first-order valence-corrected chi connectivity index (χ1v) is 10.8. The Labute approximate surface area is 186 Å². The SMILES string of the molecule is CC(=O)Nc1ccc(NC(=O)C(C)OC(=O)c2ccc3[nH]c4c(c3c2)CC(C)CC4)cc1. The average Bonchev–Trinajstić information content (AvgIpc) is 3.11. The molecule has 2 atom stereocenters. The number of rotatable bonds is 5. The zero-order chi connectivity index (χ0) is 22.8. The summed E-state index contributed by atoms with van der Waals surface area (Å²) in [6.45, 7) is 5.21. The third kappa shape index (κ3) is 4.66. The van der Waals surface area contributed by atoms with Crippen molar-refractivity contribution in [2.75, 3.05) is 10.6 Å². The lowest BCUT2D eigenvalue weighted by Crippen LogP contribution is -2.30. The molecule has 3 aromatic rings. The van der Waals surface area contributed by atoms with Gasteiger partial charge in [-0.2, -0.15) is 0 Å². The molecule has 1 heterocycles. The maximum atomic E-state index is 12.7. The largest absolute Gasteiger partial charge is 0.449 e. The van der Waals surface area contributed by atoms with Gasteiger partial charge in [0.2, 0.25) is 5.91 Å². The highest BCUT2D eigenvalue weighted by Gasteiger charge is 2.23. The molecule has 166 valence electrons. The zero-order valence-corrected chi connectivity index (χ0v) is 18.5. The second-order valence-electron chi connectivity index (χ2n) is 8.49. The molecule has 32 heavy (non-hydrogen) atoms. The Morgan fingerprint density at radius 2 is 1.75 bits per heavy atom. The highest BCUT2D eigenvalue weighted by atomic mass is 16.5. The van der Waals surface area contributed by atoms with Crippen molar-refractivity contribution in [3.05, 3.63) is 59.3 Å². The van der Waals surface area contributed by atoms with E-state index in [9.17, 15) is 14.4 Å². The van der Waals surface area contributed by atoms with Crippen LogP contribution in [0.5, 0.6) is 0 Å². The third-order valence-electron chi connectivity index (χ3n) is 5.80. The molecule has 2 amide bonds. The summed E-state index contributed by atoms with van der Waals surface area (Å²) in [7, 11) is 0. The zero-order valence-electron chi connectivity index (χ0n) is 18.5. The summed E-state index contributed by atoms with van der Waals surface area (Å²) in [5.74, 6) is -0.516. The van der Waals surface area contributed by atoms with Gasteiger partial charge in [-0.15, -0.1) is 0 Å². The molecule has 0 aliphatic heterocycles. The van der Waals surface area contributed by atoms with E-state index in [1.807, 2.05) is 12.1 Å². The van der Waals surface area contributed by atoms with Gasteiger partial charge < -0.3 is 20.4 Å². The summed E-state index contributed by atoms with van der Waals surface area (Å²) in [5, 5.41) is 6.43. The number of carbonyl (C=O) groups is 3. The van der Waals surface area contributed by atoms with Crippen LogP contribution < -0.4 is 10.6 Å². The van der Waals surface area contributed by atoms with Gasteiger partial charge in [-0.05, 0) is 80.1 Å². The monoisotopic (exact) mass is 433 g/mol. The van der Waals surface area contributed by atoms with Gasteiger partial charge in [0.15, 0.2) is 6.10 Å². The first-order chi connectivity index (χ1) is 15.3. The first-order valence-electron chi connectivity index (χ1n) is 10.8. The predicted octanol–water partition coefficient (Wildman–Crippen LogP) is 4.44. The minimum atomic E-state index is -0.964. The van der Waals surface area contributed by atoms with Crippen LogP contribution in [0.15, 0.2) is 42.5 Å². The smallest absolute Gasteiger partial charge is 0.338 e. The highest BCUT2D eigenvalue weighted by molar-refractivity contribution is 5.99. The fraction of sp³-hybridized carbons (Fsp3) is 0.320. The van der Waals surface area contributed by atoms with E-state index in [4.69, 9.17) is 4.74 Å². The van der Waals surface area contributed by atoms with Crippen molar-refractivity contribution in [3.63, 3.8) is 0 Å². The average molecular weight is 434 g/mol. The molecule has 0 bridgehead atoms. The Balaban J connectivity index is 1.41. The lowest BCUT2D eigenvalue weighted by Gasteiger charge is -2.18. The third-order valence-corrected chi connectivity index (χ3v) is 5.80. The fourth-order valence-electron chi connectivity index (χ4n) is 4.08. The summed E-state index contributed by atoms with van der Waals surface area (Å²) in [6, 6.07) is 12.2. The van der Waals surface area contributed by atoms with E-state index in [1.54, 1.807) is 30.3 Å².